The van der Waals surface area contributed by atoms with Crippen molar-refractivity contribution < 1.29 is 14.7 Å². The van der Waals surface area contributed by atoms with E-state index in [1.54, 1.807) is 0 Å². The minimum Gasteiger partial charge on any atom is -0.481 e. The van der Waals surface area contributed by atoms with E-state index in [2.05, 4.69) is 5.32 Å². The molecule has 0 spiro atoms. The molecule has 102 valence electrons. The van der Waals surface area contributed by atoms with Gasteiger partial charge in [-0.1, -0.05) is 25.7 Å². The predicted molar refractivity (Wildman–Crippen MR) is 68.2 cm³/mol. The molecular weight excluding hydrogens is 230 g/mol. The lowest BCUT2D eigenvalue weighted by Crippen LogP contribution is -2.54. The van der Waals surface area contributed by atoms with Crippen LogP contribution in [0, 0.1) is 5.92 Å². The summed E-state index contributed by atoms with van der Waals surface area (Å²) < 4.78 is 0. The van der Waals surface area contributed by atoms with Crippen molar-refractivity contribution in [2.24, 2.45) is 5.92 Å². The standard InChI is InChI=1S/C14H23NO3/c16-12(7-6-11-4-1-2-5-11)15-14(8-3-9-14)10-13(17)18/h11H,1-10H2,(H,15,16)(H,17,18). The molecule has 0 aromatic rings. The van der Waals surface area contributed by atoms with Crippen molar-refractivity contribution in [3.05, 3.63) is 0 Å². The highest BCUT2D eigenvalue weighted by Crippen LogP contribution is 2.35. The number of hydrogen-bond donors (Lipinski definition) is 2. The largest absolute Gasteiger partial charge is 0.481 e. The Balaban J connectivity index is 1.73. The number of aliphatic carboxylic acids is 1. The lowest BCUT2D eigenvalue weighted by Gasteiger charge is -2.41. The van der Waals surface area contributed by atoms with Gasteiger partial charge >= 0.3 is 5.97 Å². The third kappa shape index (κ3) is 3.47. The summed E-state index contributed by atoms with van der Waals surface area (Å²) in [7, 11) is 0. The first kappa shape index (κ1) is 13.4. The first-order valence-corrected chi connectivity index (χ1v) is 7.12. The maximum atomic E-state index is 11.9. The highest BCUT2D eigenvalue weighted by atomic mass is 16.4. The first-order valence-electron chi connectivity index (χ1n) is 7.12. The highest BCUT2D eigenvalue weighted by molar-refractivity contribution is 5.78. The van der Waals surface area contributed by atoms with Crippen molar-refractivity contribution in [1.29, 1.82) is 0 Å². The lowest BCUT2D eigenvalue weighted by atomic mass is 9.74. The van der Waals surface area contributed by atoms with Crippen LogP contribution in [0.2, 0.25) is 0 Å². The minimum absolute atomic E-state index is 0.0443. The molecule has 0 unspecified atom stereocenters. The van der Waals surface area contributed by atoms with Crippen LogP contribution < -0.4 is 5.32 Å². The van der Waals surface area contributed by atoms with Crippen molar-refractivity contribution in [2.75, 3.05) is 0 Å². The van der Waals surface area contributed by atoms with E-state index in [1.165, 1.54) is 25.7 Å². The van der Waals surface area contributed by atoms with Crippen LogP contribution in [0.3, 0.4) is 0 Å². The fourth-order valence-electron chi connectivity index (χ4n) is 3.23. The molecule has 4 heteroatoms. The van der Waals surface area contributed by atoms with Crippen LogP contribution >= 0.6 is 0 Å². The van der Waals surface area contributed by atoms with Crippen LogP contribution in [0.1, 0.15) is 64.2 Å². The number of amides is 1. The molecule has 0 aromatic heterocycles. The summed E-state index contributed by atoms with van der Waals surface area (Å²) >= 11 is 0. The van der Waals surface area contributed by atoms with Gasteiger partial charge in [0.15, 0.2) is 0 Å². The third-order valence-corrected chi connectivity index (χ3v) is 4.46. The number of rotatable bonds is 6. The summed E-state index contributed by atoms with van der Waals surface area (Å²) in [6.07, 6.45) is 9.37. The van der Waals surface area contributed by atoms with Gasteiger partial charge in [-0.25, -0.2) is 0 Å². The lowest BCUT2D eigenvalue weighted by molar-refractivity contribution is -0.140. The SMILES string of the molecule is O=C(O)CC1(NC(=O)CCC2CCCC2)CCC1. The number of carbonyl (C=O) groups excluding carboxylic acids is 1. The Bertz CT molecular complexity index is 317. The molecule has 0 saturated heterocycles. The molecule has 1 amide bonds. The van der Waals surface area contributed by atoms with Crippen molar-refractivity contribution in [3.63, 3.8) is 0 Å². The Morgan fingerprint density at radius 3 is 2.33 bits per heavy atom. The Morgan fingerprint density at radius 2 is 1.83 bits per heavy atom. The van der Waals surface area contributed by atoms with Gasteiger partial charge in [-0.15, -0.1) is 0 Å². The van der Waals surface area contributed by atoms with Crippen molar-refractivity contribution >= 4 is 11.9 Å². The van der Waals surface area contributed by atoms with E-state index >= 15 is 0 Å². The summed E-state index contributed by atoms with van der Waals surface area (Å²) in [6, 6.07) is 0. The Morgan fingerprint density at radius 1 is 1.17 bits per heavy atom. The quantitative estimate of drug-likeness (QED) is 0.764. The monoisotopic (exact) mass is 253 g/mol. The van der Waals surface area contributed by atoms with Crippen LogP contribution in [-0.2, 0) is 9.59 Å². The Kier molecular flexibility index (Phi) is 4.25. The number of hydrogen-bond acceptors (Lipinski definition) is 2. The number of carboxylic acids is 1. The smallest absolute Gasteiger partial charge is 0.305 e. The van der Waals surface area contributed by atoms with Gasteiger partial charge < -0.3 is 10.4 Å². The molecule has 2 aliphatic carbocycles. The van der Waals surface area contributed by atoms with Gasteiger partial charge in [0.1, 0.15) is 0 Å². The van der Waals surface area contributed by atoms with Crippen LogP contribution in [0.15, 0.2) is 0 Å². The van der Waals surface area contributed by atoms with Gasteiger partial charge in [-0.05, 0) is 31.6 Å². The van der Waals surface area contributed by atoms with Crippen LogP contribution in [0.5, 0.6) is 0 Å². The van der Waals surface area contributed by atoms with E-state index in [-0.39, 0.29) is 12.3 Å². The second-order valence-electron chi connectivity index (χ2n) is 5.94. The molecule has 18 heavy (non-hydrogen) atoms. The van der Waals surface area contributed by atoms with E-state index in [0.29, 0.717) is 12.3 Å². The molecule has 0 radical (unpaired) electrons. The summed E-state index contributed by atoms with van der Waals surface area (Å²) in [6.45, 7) is 0. The molecular formula is C14H23NO3. The molecule has 2 rings (SSSR count). The van der Waals surface area contributed by atoms with Crippen molar-refractivity contribution in [3.8, 4) is 0 Å². The van der Waals surface area contributed by atoms with E-state index < -0.39 is 11.5 Å². The van der Waals surface area contributed by atoms with Gasteiger partial charge in [-0.2, -0.15) is 0 Å². The molecule has 0 atom stereocenters. The first-order chi connectivity index (χ1) is 8.60. The summed E-state index contributed by atoms with van der Waals surface area (Å²) in [4.78, 5) is 22.7. The fraction of sp³-hybridized carbons (Fsp3) is 0.857. The Labute approximate surface area is 108 Å². The molecule has 2 aliphatic rings. The van der Waals surface area contributed by atoms with Crippen LogP contribution in [-0.4, -0.2) is 22.5 Å². The maximum Gasteiger partial charge on any atom is 0.305 e. The summed E-state index contributed by atoms with van der Waals surface area (Å²) in [5.74, 6) is -0.0544. The van der Waals surface area contributed by atoms with E-state index in [9.17, 15) is 9.59 Å². The van der Waals surface area contributed by atoms with E-state index in [4.69, 9.17) is 5.11 Å². The third-order valence-electron chi connectivity index (χ3n) is 4.46. The highest BCUT2D eigenvalue weighted by Gasteiger charge is 2.40. The van der Waals surface area contributed by atoms with Gasteiger partial charge in [0, 0.05) is 6.42 Å². The maximum absolute atomic E-state index is 11.9. The molecule has 2 N–H and O–H groups in total. The predicted octanol–water partition coefficient (Wildman–Crippen LogP) is 2.47. The zero-order valence-corrected chi connectivity index (χ0v) is 10.9. The average molecular weight is 253 g/mol. The zero-order chi connectivity index (χ0) is 13.0. The topological polar surface area (TPSA) is 66.4 Å². The van der Waals surface area contributed by atoms with Gasteiger partial charge in [-0.3, -0.25) is 9.59 Å². The molecule has 4 nitrogen and oxygen atoms in total. The summed E-state index contributed by atoms with van der Waals surface area (Å²) in [5.41, 5.74) is -0.432. The zero-order valence-electron chi connectivity index (χ0n) is 10.9. The van der Waals surface area contributed by atoms with E-state index in [0.717, 1.165) is 25.7 Å². The van der Waals surface area contributed by atoms with Crippen LogP contribution in [0.25, 0.3) is 0 Å². The number of carboxylic acid groups (broad SMARTS) is 1. The molecule has 0 bridgehead atoms. The number of carbonyl (C=O) groups is 2. The molecule has 0 aliphatic heterocycles. The second kappa shape index (κ2) is 5.72. The van der Waals surface area contributed by atoms with Gasteiger partial charge in [0.2, 0.25) is 5.91 Å². The summed E-state index contributed by atoms with van der Waals surface area (Å²) in [5, 5.41) is 11.8. The van der Waals surface area contributed by atoms with Crippen molar-refractivity contribution in [1.82, 2.24) is 5.32 Å². The molecule has 2 fully saturated rings. The molecule has 2 saturated carbocycles. The molecule has 0 aromatic carbocycles. The number of nitrogens with one attached hydrogen (secondary N) is 1. The van der Waals surface area contributed by atoms with E-state index in [1.807, 2.05) is 0 Å². The van der Waals surface area contributed by atoms with Crippen LogP contribution in [0.4, 0.5) is 0 Å². The fourth-order valence-corrected chi connectivity index (χ4v) is 3.23. The van der Waals surface area contributed by atoms with Crippen molar-refractivity contribution in [2.45, 2.75) is 69.7 Å². The normalized spacial score (nSPS) is 22.4. The second-order valence-corrected chi connectivity index (χ2v) is 5.94. The molecule has 0 heterocycles. The van der Waals surface area contributed by atoms with Gasteiger partial charge in [0.25, 0.3) is 0 Å². The average Bonchev–Trinajstić information content (AvgIpc) is 2.75. The Hall–Kier alpha value is -1.06. The van der Waals surface area contributed by atoms with Gasteiger partial charge in [0.05, 0.1) is 12.0 Å². The minimum atomic E-state index is -0.814.